The lowest BCUT2D eigenvalue weighted by Gasteiger charge is -2.24. The van der Waals surface area contributed by atoms with Crippen LogP contribution in [0.25, 0.3) is 0 Å². The van der Waals surface area contributed by atoms with Crippen LogP contribution in [0, 0.1) is 24.2 Å². The van der Waals surface area contributed by atoms with Crippen LogP contribution in [-0.4, -0.2) is 17.0 Å². The van der Waals surface area contributed by atoms with E-state index in [1.165, 1.54) is 0 Å². The Bertz CT molecular complexity index is 516. The van der Waals surface area contributed by atoms with Gasteiger partial charge in [0.15, 0.2) is 5.17 Å². The van der Waals surface area contributed by atoms with Crippen LogP contribution in [0.15, 0.2) is 23.2 Å². The molecule has 0 radical (unpaired) electrons. The molecule has 0 bridgehead atoms. The second kappa shape index (κ2) is 5.45. The van der Waals surface area contributed by atoms with Gasteiger partial charge in [0.2, 0.25) is 0 Å². The summed E-state index contributed by atoms with van der Waals surface area (Å²) in [6.07, 6.45) is 0. The Morgan fingerprint density at radius 2 is 2.22 bits per heavy atom. The fourth-order valence-electron chi connectivity index (χ4n) is 1.71. The molecule has 0 amide bonds. The Morgan fingerprint density at radius 1 is 1.44 bits per heavy atom. The maximum Gasteiger partial charge on any atom is 0.161 e. The highest BCUT2D eigenvalue weighted by Crippen LogP contribution is 2.25. The van der Waals surface area contributed by atoms with Crippen molar-refractivity contribution in [1.29, 1.82) is 5.26 Å². The van der Waals surface area contributed by atoms with Gasteiger partial charge in [-0.1, -0.05) is 24.8 Å². The summed E-state index contributed by atoms with van der Waals surface area (Å²) in [7, 11) is 0. The largest absolute Gasteiger partial charge is 0.335 e. The molecular formula is C14H17N3S. The van der Waals surface area contributed by atoms with Gasteiger partial charge in [-0.15, -0.1) is 0 Å². The monoisotopic (exact) mass is 259 g/mol. The van der Waals surface area contributed by atoms with E-state index in [2.05, 4.69) is 30.2 Å². The standard InChI is InChI=1S/C14H17N3S/c1-9-4-5-12(7-15)6-13(9)17-14-16-11(3)10(2)8-18-14/h4-6,10-11H,8H2,1-3H3,(H,16,17). The molecule has 1 heterocycles. The van der Waals surface area contributed by atoms with Gasteiger partial charge in [-0.25, -0.2) is 0 Å². The summed E-state index contributed by atoms with van der Waals surface area (Å²) in [5, 5.41) is 13.2. The van der Waals surface area contributed by atoms with E-state index in [9.17, 15) is 0 Å². The number of anilines is 1. The van der Waals surface area contributed by atoms with Gasteiger partial charge in [0.05, 0.1) is 17.7 Å². The van der Waals surface area contributed by atoms with Gasteiger partial charge in [-0.3, -0.25) is 4.99 Å². The summed E-state index contributed by atoms with van der Waals surface area (Å²) >= 11 is 1.75. The topological polar surface area (TPSA) is 48.2 Å². The number of nitrogens with zero attached hydrogens (tertiary/aromatic N) is 2. The normalized spacial score (nSPS) is 23.1. The van der Waals surface area contributed by atoms with Crippen LogP contribution in [0.1, 0.15) is 25.0 Å². The molecule has 2 rings (SSSR count). The van der Waals surface area contributed by atoms with Gasteiger partial charge in [0.25, 0.3) is 0 Å². The maximum atomic E-state index is 8.92. The van der Waals surface area contributed by atoms with Crippen molar-refractivity contribution in [3.63, 3.8) is 0 Å². The molecule has 0 saturated heterocycles. The predicted molar refractivity (Wildman–Crippen MR) is 78.0 cm³/mol. The van der Waals surface area contributed by atoms with Crippen LogP contribution in [0.3, 0.4) is 0 Å². The van der Waals surface area contributed by atoms with E-state index in [-0.39, 0.29) is 0 Å². The minimum absolute atomic E-state index is 0.355. The van der Waals surface area contributed by atoms with Crippen LogP contribution in [0.2, 0.25) is 0 Å². The van der Waals surface area contributed by atoms with Crippen molar-refractivity contribution < 1.29 is 0 Å². The highest BCUT2D eigenvalue weighted by molar-refractivity contribution is 8.14. The molecule has 2 unspecified atom stereocenters. The quantitative estimate of drug-likeness (QED) is 0.840. The number of nitrogens with one attached hydrogen (secondary N) is 1. The molecule has 0 fully saturated rings. The molecule has 0 aromatic heterocycles. The van der Waals surface area contributed by atoms with Crippen molar-refractivity contribution in [2.75, 3.05) is 11.1 Å². The van der Waals surface area contributed by atoms with Gasteiger partial charge in [-0.05, 0) is 37.5 Å². The average molecular weight is 259 g/mol. The van der Waals surface area contributed by atoms with Crippen LogP contribution in [0.5, 0.6) is 0 Å². The first-order valence-corrected chi connectivity index (χ1v) is 7.07. The van der Waals surface area contributed by atoms with E-state index in [1.54, 1.807) is 11.8 Å². The van der Waals surface area contributed by atoms with E-state index in [4.69, 9.17) is 5.26 Å². The number of hydrogen-bond acceptors (Lipinski definition) is 4. The lowest BCUT2D eigenvalue weighted by atomic mass is 10.1. The Labute approximate surface area is 112 Å². The number of hydrogen-bond donors (Lipinski definition) is 1. The molecule has 1 aliphatic rings. The number of thioether (sulfide) groups is 1. The molecular weight excluding hydrogens is 242 g/mol. The van der Waals surface area contributed by atoms with Crippen LogP contribution >= 0.6 is 11.8 Å². The van der Waals surface area contributed by atoms with E-state index >= 15 is 0 Å². The van der Waals surface area contributed by atoms with Gasteiger partial charge < -0.3 is 5.32 Å². The number of nitriles is 1. The zero-order chi connectivity index (χ0) is 13.1. The van der Waals surface area contributed by atoms with Crippen molar-refractivity contribution in [2.45, 2.75) is 26.8 Å². The molecule has 0 saturated carbocycles. The van der Waals surface area contributed by atoms with Crippen molar-refractivity contribution in [3.05, 3.63) is 29.3 Å². The average Bonchev–Trinajstić information content (AvgIpc) is 2.36. The third-order valence-corrected chi connectivity index (χ3v) is 4.41. The molecule has 1 aromatic carbocycles. The Hall–Kier alpha value is -1.47. The minimum atomic E-state index is 0.355. The van der Waals surface area contributed by atoms with E-state index < -0.39 is 0 Å². The third kappa shape index (κ3) is 2.85. The number of aryl methyl sites for hydroxylation is 1. The fourth-order valence-corrected chi connectivity index (χ4v) is 2.83. The molecule has 4 heteroatoms. The first-order valence-electron chi connectivity index (χ1n) is 6.08. The van der Waals surface area contributed by atoms with Gasteiger partial charge in [0, 0.05) is 11.4 Å². The molecule has 1 aromatic rings. The zero-order valence-corrected chi connectivity index (χ0v) is 11.7. The van der Waals surface area contributed by atoms with Crippen molar-refractivity contribution in [1.82, 2.24) is 0 Å². The molecule has 1 aliphatic heterocycles. The van der Waals surface area contributed by atoms with Gasteiger partial charge >= 0.3 is 0 Å². The van der Waals surface area contributed by atoms with Crippen molar-refractivity contribution in [3.8, 4) is 6.07 Å². The van der Waals surface area contributed by atoms with Gasteiger partial charge in [0.1, 0.15) is 0 Å². The minimum Gasteiger partial charge on any atom is -0.335 e. The highest BCUT2D eigenvalue weighted by atomic mass is 32.2. The summed E-state index contributed by atoms with van der Waals surface area (Å²) in [5.74, 6) is 1.70. The molecule has 1 N–H and O–H groups in total. The summed E-state index contributed by atoms with van der Waals surface area (Å²) < 4.78 is 0. The maximum absolute atomic E-state index is 8.92. The number of benzene rings is 1. The Balaban J connectivity index is 2.20. The molecule has 3 nitrogen and oxygen atoms in total. The lowest BCUT2D eigenvalue weighted by molar-refractivity contribution is 0.537. The summed E-state index contributed by atoms with van der Waals surface area (Å²) in [5.41, 5.74) is 2.77. The second-order valence-electron chi connectivity index (χ2n) is 4.73. The van der Waals surface area contributed by atoms with Crippen LogP contribution < -0.4 is 5.32 Å². The number of rotatable bonds is 1. The van der Waals surface area contributed by atoms with Crippen molar-refractivity contribution in [2.24, 2.45) is 10.9 Å². The SMILES string of the molecule is Cc1ccc(C#N)cc1NC1=NC(C)C(C)CS1. The molecule has 18 heavy (non-hydrogen) atoms. The molecule has 94 valence electrons. The zero-order valence-electron chi connectivity index (χ0n) is 10.9. The summed E-state index contributed by atoms with van der Waals surface area (Å²) in [4.78, 5) is 4.64. The Kier molecular flexibility index (Phi) is 3.93. The molecule has 0 aliphatic carbocycles. The number of amidine groups is 1. The highest BCUT2D eigenvalue weighted by Gasteiger charge is 2.19. The van der Waals surface area contributed by atoms with E-state index in [1.807, 2.05) is 25.1 Å². The third-order valence-electron chi connectivity index (χ3n) is 3.24. The van der Waals surface area contributed by atoms with Crippen LogP contribution in [-0.2, 0) is 0 Å². The van der Waals surface area contributed by atoms with Crippen LogP contribution in [0.4, 0.5) is 5.69 Å². The second-order valence-corrected chi connectivity index (χ2v) is 5.74. The predicted octanol–water partition coefficient (Wildman–Crippen LogP) is 3.41. The summed E-state index contributed by atoms with van der Waals surface area (Å²) in [6, 6.07) is 8.19. The van der Waals surface area contributed by atoms with E-state index in [0.717, 1.165) is 22.2 Å². The first-order chi connectivity index (χ1) is 8.60. The van der Waals surface area contributed by atoms with Gasteiger partial charge in [-0.2, -0.15) is 5.26 Å². The molecule has 0 spiro atoms. The van der Waals surface area contributed by atoms with E-state index in [0.29, 0.717) is 17.5 Å². The summed E-state index contributed by atoms with van der Waals surface area (Å²) in [6.45, 7) is 6.40. The molecule has 2 atom stereocenters. The lowest BCUT2D eigenvalue weighted by Crippen LogP contribution is -2.25. The Morgan fingerprint density at radius 3 is 2.89 bits per heavy atom. The fraction of sp³-hybridized carbons (Fsp3) is 0.429. The number of aliphatic imine (C=N–C) groups is 1. The first kappa shape index (κ1) is 13.0. The van der Waals surface area contributed by atoms with Crippen molar-refractivity contribution >= 4 is 22.6 Å². The smallest absolute Gasteiger partial charge is 0.161 e.